The topological polar surface area (TPSA) is 65.2 Å². The molecule has 1 heterocycles. The van der Waals surface area contributed by atoms with E-state index in [1.165, 1.54) is 0 Å². The summed E-state index contributed by atoms with van der Waals surface area (Å²) in [5, 5.41) is 1.53. The zero-order valence-corrected chi connectivity index (χ0v) is 10.7. The Balaban J connectivity index is 2.52. The van der Waals surface area contributed by atoms with Gasteiger partial charge in [0.15, 0.2) is 0 Å². The number of anilines is 1. The highest BCUT2D eigenvalue weighted by molar-refractivity contribution is 6.07. The van der Waals surface area contributed by atoms with Crippen LogP contribution in [0.2, 0.25) is 0 Å². The van der Waals surface area contributed by atoms with Crippen molar-refractivity contribution in [2.24, 2.45) is 0 Å². The number of aromatic nitrogens is 1. The van der Waals surface area contributed by atoms with Crippen molar-refractivity contribution in [1.29, 1.82) is 0 Å². The lowest BCUT2D eigenvalue weighted by atomic mass is 10.0. The van der Waals surface area contributed by atoms with E-state index in [2.05, 4.69) is 4.98 Å². The van der Waals surface area contributed by atoms with Crippen molar-refractivity contribution in [1.82, 2.24) is 4.98 Å². The van der Waals surface area contributed by atoms with Gasteiger partial charge in [-0.25, -0.2) is 4.79 Å². The second-order valence-corrected chi connectivity index (χ2v) is 5.13. The molecule has 0 aliphatic rings. The van der Waals surface area contributed by atoms with Gasteiger partial charge in [-0.05, 0) is 39.0 Å². The zero-order chi connectivity index (χ0) is 13.3. The first-order valence-electron chi connectivity index (χ1n) is 5.74. The molecule has 2 N–H and O–H groups in total. The van der Waals surface area contributed by atoms with Gasteiger partial charge in [-0.3, -0.25) is 4.98 Å². The van der Waals surface area contributed by atoms with Crippen LogP contribution in [0, 0.1) is 0 Å². The van der Waals surface area contributed by atoms with Gasteiger partial charge in [0.05, 0.1) is 5.56 Å². The highest BCUT2D eigenvalue weighted by atomic mass is 16.6. The zero-order valence-electron chi connectivity index (χ0n) is 10.7. The fraction of sp³-hybridized carbons (Fsp3) is 0.286. The largest absolute Gasteiger partial charge is 0.456 e. The van der Waals surface area contributed by atoms with E-state index < -0.39 is 5.60 Å². The van der Waals surface area contributed by atoms with Gasteiger partial charge in [-0.1, -0.05) is 0 Å². The third-order valence-corrected chi connectivity index (χ3v) is 2.47. The summed E-state index contributed by atoms with van der Waals surface area (Å²) in [6, 6.07) is 5.17. The Labute approximate surface area is 106 Å². The number of fused-ring (bicyclic) bond motifs is 1. The predicted molar refractivity (Wildman–Crippen MR) is 71.3 cm³/mol. The van der Waals surface area contributed by atoms with Crippen LogP contribution in [-0.2, 0) is 4.74 Å². The van der Waals surface area contributed by atoms with Gasteiger partial charge in [0.25, 0.3) is 0 Å². The Morgan fingerprint density at radius 2 is 1.94 bits per heavy atom. The number of rotatable bonds is 1. The van der Waals surface area contributed by atoms with Crippen molar-refractivity contribution >= 4 is 22.4 Å². The molecule has 0 spiro atoms. The first-order valence-corrected chi connectivity index (χ1v) is 5.74. The van der Waals surface area contributed by atoms with E-state index >= 15 is 0 Å². The van der Waals surface area contributed by atoms with Gasteiger partial charge in [0.2, 0.25) is 0 Å². The number of benzene rings is 1. The van der Waals surface area contributed by atoms with E-state index in [0.29, 0.717) is 16.6 Å². The standard InChI is InChI=1S/C14H16N2O2/c1-14(2,3)18-13(17)10-4-5-12(15)9-6-7-16-8-11(9)10/h4-8H,15H2,1-3H3. The van der Waals surface area contributed by atoms with Crippen molar-refractivity contribution in [3.05, 3.63) is 36.2 Å². The smallest absolute Gasteiger partial charge is 0.339 e. The lowest BCUT2D eigenvalue weighted by molar-refractivity contribution is 0.00719. The molecule has 2 rings (SSSR count). The minimum atomic E-state index is -0.521. The summed E-state index contributed by atoms with van der Waals surface area (Å²) in [5.41, 5.74) is 6.46. The van der Waals surface area contributed by atoms with Crippen molar-refractivity contribution in [3.8, 4) is 0 Å². The normalized spacial score (nSPS) is 11.5. The van der Waals surface area contributed by atoms with E-state index in [1.54, 1.807) is 30.6 Å². The van der Waals surface area contributed by atoms with Gasteiger partial charge < -0.3 is 10.5 Å². The first kappa shape index (κ1) is 12.4. The molecule has 4 heteroatoms. The number of nitrogen functional groups attached to an aromatic ring is 1. The minimum Gasteiger partial charge on any atom is -0.456 e. The number of pyridine rings is 1. The van der Waals surface area contributed by atoms with Crippen LogP contribution in [0.15, 0.2) is 30.6 Å². The van der Waals surface area contributed by atoms with Gasteiger partial charge in [-0.15, -0.1) is 0 Å². The van der Waals surface area contributed by atoms with Gasteiger partial charge in [0, 0.05) is 28.9 Å². The van der Waals surface area contributed by atoms with Crippen LogP contribution >= 0.6 is 0 Å². The Kier molecular flexibility index (Phi) is 2.95. The monoisotopic (exact) mass is 244 g/mol. The lowest BCUT2D eigenvalue weighted by Crippen LogP contribution is -2.24. The van der Waals surface area contributed by atoms with Crippen LogP contribution in [-0.4, -0.2) is 16.6 Å². The average molecular weight is 244 g/mol. The molecule has 4 nitrogen and oxygen atoms in total. The van der Waals surface area contributed by atoms with E-state index in [1.807, 2.05) is 20.8 Å². The number of carbonyl (C=O) groups is 1. The van der Waals surface area contributed by atoms with Crippen molar-refractivity contribution in [3.63, 3.8) is 0 Å². The molecule has 18 heavy (non-hydrogen) atoms. The quantitative estimate of drug-likeness (QED) is 0.618. The second-order valence-electron chi connectivity index (χ2n) is 5.13. The van der Waals surface area contributed by atoms with Gasteiger partial charge >= 0.3 is 5.97 Å². The predicted octanol–water partition coefficient (Wildman–Crippen LogP) is 2.77. The molecule has 0 amide bonds. The highest BCUT2D eigenvalue weighted by Gasteiger charge is 2.20. The minimum absolute atomic E-state index is 0.361. The number of hydrogen-bond donors (Lipinski definition) is 1. The van der Waals surface area contributed by atoms with E-state index in [0.717, 1.165) is 5.39 Å². The Bertz CT molecular complexity index is 600. The van der Waals surface area contributed by atoms with E-state index in [4.69, 9.17) is 10.5 Å². The van der Waals surface area contributed by atoms with Crippen molar-refractivity contribution in [2.45, 2.75) is 26.4 Å². The molecule has 0 saturated heterocycles. The summed E-state index contributed by atoms with van der Waals surface area (Å²) in [6.07, 6.45) is 3.28. The number of nitrogens with zero attached hydrogens (tertiary/aromatic N) is 1. The summed E-state index contributed by atoms with van der Waals surface area (Å²) in [6.45, 7) is 5.51. The summed E-state index contributed by atoms with van der Waals surface area (Å²) >= 11 is 0. The molecule has 1 aromatic heterocycles. The maximum absolute atomic E-state index is 12.1. The molecule has 94 valence electrons. The lowest BCUT2D eigenvalue weighted by Gasteiger charge is -2.20. The average Bonchev–Trinajstić information content (AvgIpc) is 2.27. The van der Waals surface area contributed by atoms with Crippen LogP contribution in [0.5, 0.6) is 0 Å². The molecular weight excluding hydrogens is 228 g/mol. The first-order chi connectivity index (χ1) is 8.38. The van der Waals surface area contributed by atoms with Crippen LogP contribution in [0.4, 0.5) is 5.69 Å². The highest BCUT2D eigenvalue weighted by Crippen LogP contribution is 2.25. The van der Waals surface area contributed by atoms with Crippen molar-refractivity contribution < 1.29 is 9.53 Å². The van der Waals surface area contributed by atoms with Crippen molar-refractivity contribution in [2.75, 3.05) is 5.73 Å². The Morgan fingerprint density at radius 3 is 2.61 bits per heavy atom. The second kappa shape index (κ2) is 4.29. The molecule has 0 unspecified atom stereocenters. The Morgan fingerprint density at radius 1 is 1.22 bits per heavy atom. The molecule has 0 aliphatic carbocycles. The third kappa shape index (κ3) is 2.42. The maximum atomic E-state index is 12.1. The molecule has 0 fully saturated rings. The fourth-order valence-electron chi connectivity index (χ4n) is 1.72. The Hall–Kier alpha value is -2.10. The molecule has 0 saturated carbocycles. The van der Waals surface area contributed by atoms with E-state index in [9.17, 15) is 4.79 Å². The van der Waals surface area contributed by atoms with Gasteiger partial charge in [-0.2, -0.15) is 0 Å². The van der Waals surface area contributed by atoms with Crippen LogP contribution in [0.1, 0.15) is 31.1 Å². The molecule has 0 bridgehead atoms. The molecule has 2 aromatic rings. The third-order valence-electron chi connectivity index (χ3n) is 2.47. The van der Waals surface area contributed by atoms with Crippen LogP contribution in [0.25, 0.3) is 10.8 Å². The summed E-state index contributed by atoms with van der Waals surface area (Å²) in [7, 11) is 0. The number of ether oxygens (including phenoxy) is 1. The maximum Gasteiger partial charge on any atom is 0.339 e. The molecule has 1 aromatic carbocycles. The summed E-state index contributed by atoms with van der Waals surface area (Å²) < 4.78 is 5.36. The molecule has 0 radical (unpaired) electrons. The van der Waals surface area contributed by atoms with Crippen LogP contribution in [0.3, 0.4) is 0 Å². The number of nitrogens with two attached hydrogens (primary N) is 1. The number of esters is 1. The van der Waals surface area contributed by atoms with Crippen LogP contribution < -0.4 is 5.73 Å². The number of hydrogen-bond acceptors (Lipinski definition) is 4. The summed E-state index contributed by atoms with van der Waals surface area (Å²) in [5.74, 6) is -0.361. The van der Waals surface area contributed by atoms with E-state index in [-0.39, 0.29) is 5.97 Å². The fourth-order valence-corrected chi connectivity index (χ4v) is 1.72. The molecule has 0 aliphatic heterocycles. The van der Waals surface area contributed by atoms with Gasteiger partial charge in [0.1, 0.15) is 5.60 Å². The summed E-state index contributed by atoms with van der Waals surface area (Å²) in [4.78, 5) is 16.1. The number of carbonyl (C=O) groups excluding carboxylic acids is 1. The SMILES string of the molecule is CC(C)(C)OC(=O)c1ccc(N)c2ccncc12. The molecule has 0 atom stereocenters. The molecular formula is C14H16N2O2.